The zero-order valence-corrected chi connectivity index (χ0v) is 13.2. The molecule has 2 nitrogen and oxygen atoms in total. The summed E-state index contributed by atoms with van der Waals surface area (Å²) in [5.41, 5.74) is 0.383. The van der Waals surface area contributed by atoms with Crippen molar-refractivity contribution in [3.8, 4) is 0 Å². The van der Waals surface area contributed by atoms with E-state index < -0.39 is 0 Å². The molecule has 0 radical (unpaired) electrons. The normalized spacial score (nSPS) is 33.5. The van der Waals surface area contributed by atoms with Crippen LogP contribution < -0.4 is 5.32 Å². The first-order chi connectivity index (χ1) is 8.74. The summed E-state index contributed by atoms with van der Waals surface area (Å²) < 4.78 is 0. The van der Waals surface area contributed by atoms with Crippen molar-refractivity contribution in [1.29, 1.82) is 0 Å². The molecule has 0 aromatic heterocycles. The lowest BCUT2D eigenvalue weighted by Gasteiger charge is -2.51. The molecular weight excluding hydrogens is 240 g/mol. The molecule has 0 aliphatic carbocycles. The topological polar surface area (TPSA) is 15.3 Å². The van der Waals surface area contributed by atoms with Crippen molar-refractivity contribution in [2.45, 2.75) is 70.5 Å². The van der Waals surface area contributed by atoms with E-state index in [4.69, 9.17) is 0 Å². The number of hydrogen-bond donors (Lipinski definition) is 1. The molecule has 2 rings (SSSR count). The summed E-state index contributed by atoms with van der Waals surface area (Å²) in [5, 5.41) is 3.85. The first kappa shape index (κ1) is 14.7. The fraction of sp³-hybridized carbons (Fsp3) is 1.00. The van der Waals surface area contributed by atoms with Crippen LogP contribution >= 0.6 is 11.8 Å². The lowest BCUT2D eigenvalue weighted by Crippen LogP contribution is -2.66. The molecule has 3 heteroatoms. The van der Waals surface area contributed by atoms with Crippen LogP contribution in [0.3, 0.4) is 0 Å². The van der Waals surface area contributed by atoms with Gasteiger partial charge < -0.3 is 5.32 Å². The minimum atomic E-state index is 0.383. The average Bonchev–Trinajstić information content (AvgIpc) is 2.47. The second kappa shape index (κ2) is 6.62. The van der Waals surface area contributed by atoms with Crippen LogP contribution in [0.25, 0.3) is 0 Å². The predicted molar refractivity (Wildman–Crippen MR) is 82.4 cm³/mol. The van der Waals surface area contributed by atoms with Gasteiger partial charge in [0.05, 0.1) is 0 Å². The molecule has 2 aliphatic heterocycles. The van der Waals surface area contributed by atoms with E-state index in [0.717, 1.165) is 12.1 Å². The highest BCUT2D eigenvalue weighted by Crippen LogP contribution is 2.30. The van der Waals surface area contributed by atoms with Gasteiger partial charge in [-0.1, -0.05) is 20.8 Å². The van der Waals surface area contributed by atoms with Gasteiger partial charge in [-0.15, -0.1) is 0 Å². The molecule has 0 aromatic rings. The third-order valence-electron chi connectivity index (χ3n) is 5.10. The van der Waals surface area contributed by atoms with Crippen molar-refractivity contribution in [2.75, 3.05) is 24.6 Å². The molecule has 2 fully saturated rings. The molecule has 2 saturated heterocycles. The minimum absolute atomic E-state index is 0.383. The maximum Gasteiger partial charge on any atom is 0.0304 e. The molecule has 2 aliphatic rings. The van der Waals surface area contributed by atoms with E-state index >= 15 is 0 Å². The Labute approximate surface area is 117 Å². The maximum absolute atomic E-state index is 3.85. The van der Waals surface area contributed by atoms with Crippen LogP contribution in [0, 0.1) is 0 Å². The Kier molecular flexibility index (Phi) is 5.40. The Morgan fingerprint density at radius 2 is 2.06 bits per heavy atom. The molecule has 106 valence electrons. The smallest absolute Gasteiger partial charge is 0.0304 e. The molecular formula is C15H30N2S. The van der Waals surface area contributed by atoms with E-state index in [1.54, 1.807) is 0 Å². The van der Waals surface area contributed by atoms with Crippen LogP contribution in [0.2, 0.25) is 0 Å². The molecule has 2 unspecified atom stereocenters. The number of rotatable bonds is 4. The third-order valence-corrected chi connectivity index (χ3v) is 6.29. The van der Waals surface area contributed by atoms with E-state index in [0.29, 0.717) is 5.54 Å². The van der Waals surface area contributed by atoms with Gasteiger partial charge in [0.15, 0.2) is 0 Å². The van der Waals surface area contributed by atoms with E-state index in [2.05, 4.69) is 42.7 Å². The van der Waals surface area contributed by atoms with Crippen molar-refractivity contribution in [2.24, 2.45) is 0 Å². The highest BCUT2D eigenvalue weighted by molar-refractivity contribution is 7.99. The Balaban J connectivity index is 2.06. The van der Waals surface area contributed by atoms with E-state index in [1.165, 1.54) is 56.7 Å². The largest absolute Gasteiger partial charge is 0.308 e. The molecule has 2 heterocycles. The van der Waals surface area contributed by atoms with E-state index in [1.807, 2.05) is 0 Å². The van der Waals surface area contributed by atoms with Crippen molar-refractivity contribution in [1.82, 2.24) is 10.2 Å². The summed E-state index contributed by atoms with van der Waals surface area (Å²) in [5.74, 6) is 2.74. The second-order valence-corrected chi connectivity index (χ2v) is 7.12. The highest BCUT2D eigenvalue weighted by atomic mass is 32.2. The van der Waals surface area contributed by atoms with E-state index in [-0.39, 0.29) is 0 Å². The van der Waals surface area contributed by atoms with Crippen LogP contribution in [0.1, 0.15) is 52.9 Å². The van der Waals surface area contributed by atoms with Crippen molar-refractivity contribution < 1.29 is 0 Å². The standard InChI is InChI=1S/C15H30N2S/c1-4-13-10-16-15(5-2,6-3)12-17(13)14-8-7-9-18-11-14/h13-14,16H,4-12H2,1-3H3. The Morgan fingerprint density at radius 1 is 1.28 bits per heavy atom. The Bertz CT molecular complexity index is 247. The first-order valence-electron chi connectivity index (χ1n) is 7.83. The summed E-state index contributed by atoms with van der Waals surface area (Å²) >= 11 is 2.16. The number of nitrogens with zero attached hydrogens (tertiary/aromatic N) is 1. The van der Waals surface area contributed by atoms with Gasteiger partial charge in [-0.3, -0.25) is 4.90 Å². The van der Waals surface area contributed by atoms with Gasteiger partial charge >= 0.3 is 0 Å². The summed E-state index contributed by atoms with van der Waals surface area (Å²) in [6.45, 7) is 9.50. The fourth-order valence-corrected chi connectivity index (χ4v) is 4.67. The molecule has 0 spiro atoms. The summed E-state index contributed by atoms with van der Waals surface area (Å²) in [7, 11) is 0. The van der Waals surface area contributed by atoms with Crippen LogP contribution in [-0.2, 0) is 0 Å². The maximum atomic E-state index is 3.85. The van der Waals surface area contributed by atoms with Crippen LogP contribution in [0.5, 0.6) is 0 Å². The lowest BCUT2D eigenvalue weighted by atomic mass is 9.87. The molecule has 0 saturated carbocycles. The Hall–Kier alpha value is 0.270. The molecule has 0 amide bonds. The van der Waals surface area contributed by atoms with E-state index in [9.17, 15) is 0 Å². The van der Waals surface area contributed by atoms with Gasteiger partial charge in [0, 0.05) is 36.5 Å². The molecule has 0 bridgehead atoms. The molecule has 2 atom stereocenters. The fourth-order valence-electron chi connectivity index (χ4n) is 3.50. The van der Waals surface area contributed by atoms with Gasteiger partial charge in [0.1, 0.15) is 0 Å². The number of piperazine rings is 1. The molecule has 1 N–H and O–H groups in total. The predicted octanol–water partition coefficient (Wildman–Crippen LogP) is 3.12. The quantitative estimate of drug-likeness (QED) is 0.845. The van der Waals surface area contributed by atoms with Crippen LogP contribution in [-0.4, -0.2) is 47.1 Å². The minimum Gasteiger partial charge on any atom is -0.308 e. The van der Waals surface area contributed by atoms with Crippen molar-refractivity contribution >= 4 is 11.8 Å². The zero-order chi connectivity index (χ0) is 13.0. The third kappa shape index (κ3) is 3.05. The van der Waals surface area contributed by atoms with Crippen molar-refractivity contribution in [3.63, 3.8) is 0 Å². The van der Waals surface area contributed by atoms with Crippen LogP contribution in [0.4, 0.5) is 0 Å². The van der Waals surface area contributed by atoms with Crippen molar-refractivity contribution in [3.05, 3.63) is 0 Å². The first-order valence-corrected chi connectivity index (χ1v) is 8.98. The van der Waals surface area contributed by atoms with Crippen LogP contribution in [0.15, 0.2) is 0 Å². The number of hydrogen-bond acceptors (Lipinski definition) is 3. The molecule has 18 heavy (non-hydrogen) atoms. The summed E-state index contributed by atoms with van der Waals surface area (Å²) in [6, 6.07) is 1.60. The zero-order valence-electron chi connectivity index (χ0n) is 12.4. The number of nitrogens with one attached hydrogen (secondary N) is 1. The lowest BCUT2D eigenvalue weighted by molar-refractivity contribution is 0.0383. The summed E-state index contributed by atoms with van der Waals surface area (Å²) in [6.07, 6.45) is 6.65. The average molecular weight is 270 g/mol. The van der Waals surface area contributed by atoms with Gasteiger partial charge in [0.2, 0.25) is 0 Å². The highest BCUT2D eigenvalue weighted by Gasteiger charge is 2.39. The Morgan fingerprint density at radius 3 is 2.61 bits per heavy atom. The van der Waals surface area contributed by atoms with Gasteiger partial charge in [0.25, 0.3) is 0 Å². The van der Waals surface area contributed by atoms with Gasteiger partial charge in [-0.25, -0.2) is 0 Å². The number of thioether (sulfide) groups is 1. The van der Waals surface area contributed by atoms with Gasteiger partial charge in [-0.05, 0) is 37.9 Å². The SMILES string of the molecule is CCC1CNC(CC)(CC)CN1C1CCCSC1. The van der Waals surface area contributed by atoms with Gasteiger partial charge in [-0.2, -0.15) is 11.8 Å². The second-order valence-electron chi connectivity index (χ2n) is 5.97. The monoisotopic (exact) mass is 270 g/mol. The summed E-state index contributed by atoms with van der Waals surface area (Å²) in [4.78, 5) is 2.86. The molecule has 0 aromatic carbocycles.